The molecule has 6 N–H and O–H groups in total. The number of aliphatic hydroxyl groups is 2. The van der Waals surface area contributed by atoms with E-state index in [4.69, 9.17) is 37.0 Å². The molecular weight excluding hydrogens is 1470 g/mol. The molecule has 4 amide bonds. The van der Waals surface area contributed by atoms with Gasteiger partial charge in [-0.15, -0.1) is 0 Å². The summed E-state index contributed by atoms with van der Waals surface area (Å²) in [6, 6.07) is 3.58. The number of unbranched alkanes of at least 4 members (excludes halogenated alkanes) is 26. The van der Waals surface area contributed by atoms with Crippen LogP contribution in [0.5, 0.6) is 0 Å². The first-order valence-corrected chi connectivity index (χ1v) is 44.8. The van der Waals surface area contributed by atoms with Gasteiger partial charge in [0.2, 0.25) is 11.8 Å². The molecule has 1 aromatic carbocycles. The smallest absolute Gasteiger partial charge is 0.756 e. The van der Waals surface area contributed by atoms with Gasteiger partial charge in [0.1, 0.15) is 12.2 Å². The number of carbonyl (C=O) groups is 6. The second kappa shape index (κ2) is 75.3. The van der Waals surface area contributed by atoms with Crippen molar-refractivity contribution in [2.45, 2.75) is 361 Å². The zero-order valence-electron chi connectivity index (χ0n) is 69.4. The van der Waals surface area contributed by atoms with E-state index in [0.29, 0.717) is 51.4 Å². The summed E-state index contributed by atoms with van der Waals surface area (Å²) in [7, 11) is -10.1. The monoisotopic (exact) mass is 1610 g/mol. The van der Waals surface area contributed by atoms with Gasteiger partial charge in [0.15, 0.2) is 0 Å². The molecule has 0 aliphatic heterocycles. The Labute approximate surface area is 707 Å². The number of rotatable bonds is 76. The topological polar surface area (TPSA) is 345 Å². The van der Waals surface area contributed by atoms with Gasteiger partial charge < -0.3 is 78.3 Å². The van der Waals surface area contributed by atoms with Gasteiger partial charge in [0, 0.05) is 50.3 Å². The third kappa shape index (κ3) is 66.7. The van der Waals surface area contributed by atoms with Crippen LogP contribution in [0.4, 0.5) is 0 Å². The average molecular weight is 1620 g/mol. The third-order valence-electron chi connectivity index (χ3n) is 18.3. The number of esters is 2. The van der Waals surface area contributed by atoms with Gasteiger partial charge in [-0.1, -0.05) is 226 Å². The molecule has 28 heteroatoms. The van der Waals surface area contributed by atoms with Crippen LogP contribution in [0.1, 0.15) is 345 Å². The van der Waals surface area contributed by atoms with Gasteiger partial charge in [0.25, 0.3) is 27.5 Å². The molecule has 0 aliphatic carbocycles. The number of ether oxygens (including phenoxy) is 4. The molecule has 0 aromatic heterocycles. The minimum atomic E-state index is -5.06. The number of amides is 4. The van der Waals surface area contributed by atoms with Gasteiger partial charge in [-0.3, -0.25) is 37.9 Å². The largest absolute Gasteiger partial charge is 1.00 e. The zero-order chi connectivity index (χ0) is 79.4. The SMILES string of the molecule is CCCCCC/C=C\CCCC(=O)O[C@H](CCCCCCC)CC(=O)NC(COCCC(O)CCCCCCC)COP(=O)([O-])OCCNC(=O)c1cccc(C(=O)NCCOP(=O)([O-])OCC(COCCC(O)CCCCCCC)NC(=O)C[C@@H](CCCCCCC)OC(=O)CCC/C=C\CCCCCC)c1.[Na+].[Na+]. The Hall–Kier alpha value is -2.42. The van der Waals surface area contributed by atoms with E-state index in [1.807, 2.05) is 0 Å². The fraction of sp³-hybridized carbons (Fsp3) is 0.805. The van der Waals surface area contributed by atoms with E-state index in [2.05, 4.69) is 87.1 Å². The van der Waals surface area contributed by atoms with Crippen molar-refractivity contribution in [3.8, 4) is 0 Å². The molecule has 8 atom stereocenters. The average Bonchev–Trinajstić information content (AvgIpc) is 0.866. The summed E-state index contributed by atoms with van der Waals surface area (Å²) in [6.45, 7) is 9.92. The summed E-state index contributed by atoms with van der Waals surface area (Å²) < 4.78 is 70.4. The molecule has 24 nitrogen and oxygen atoms in total. The van der Waals surface area contributed by atoms with E-state index in [1.165, 1.54) is 62.8 Å². The van der Waals surface area contributed by atoms with E-state index < -0.39 is 114 Å². The first-order valence-electron chi connectivity index (χ1n) is 41.9. The Kier molecular flexibility index (Phi) is 75.1. The second-order valence-corrected chi connectivity index (χ2v) is 31.5. The fourth-order valence-corrected chi connectivity index (χ4v) is 13.4. The van der Waals surface area contributed by atoms with Gasteiger partial charge in [0.05, 0.1) is 76.8 Å². The van der Waals surface area contributed by atoms with Gasteiger partial charge in [-0.2, -0.15) is 0 Å². The maximum Gasteiger partial charge on any atom is 1.00 e. The van der Waals surface area contributed by atoms with Crippen LogP contribution in [0.25, 0.3) is 0 Å². The molecule has 0 spiro atoms. The Morgan fingerprint density at radius 3 is 1.07 bits per heavy atom. The molecule has 1 aromatic rings. The van der Waals surface area contributed by atoms with Crippen molar-refractivity contribution in [3.63, 3.8) is 0 Å². The molecule has 6 unspecified atom stereocenters. The molecule has 0 heterocycles. The summed E-state index contributed by atoms with van der Waals surface area (Å²) in [5, 5.41) is 31.9. The molecule has 1 rings (SSSR count). The van der Waals surface area contributed by atoms with Crippen LogP contribution in [0.3, 0.4) is 0 Å². The van der Waals surface area contributed by atoms with E-state index in [-0.39, 0.29) is 135 Å². The van der Waals surface area contributed by atoms with E-state index in [9.17, 15) is 57.9 Å². The molecule has 0 bridgehead atoms. The quantitative estimate of drug-likeness (QED) is 0.0116. The Balaban J connectivity index is 0. The number of allylic oxidation sites excluding steroid dienone is 4. The van der Waals surface area contributed by atoms with Crippen molar-refractivity contribution in [2.75, 3.05) is 65.9 Å². The Bertz CT molecular complexity index is 2450. The van der Waals surface area contributed by atoms with Crippen LogP contribution in [-0.4, -0.2) is 148 Å². The summed E-state index contributed by atoms with van der Waals surface area (Å²) in [6.07, 6.45) is 43.1. The molecule has 0 aliphatic rings. The van der Waals surface area contributed by atoms with Crippen LogP contribution in [-0.2, 0) is 65.4 Å². The van der Waals surface area contributed by atoms with E-state index in [0.717, 1.165) is 167 Å². The van der Waals surface area contributed by atoms with Crippen molar-refractivity contribution in [1.82, 2.24) is 21.3 Å². The number of carbonyl (C=O) groups excluding carboxylic acids is 6. The Morgan fingerprint density at radius 2 is 0.727 bits per heavy atom. The first-order chi connectivity index (χ1) is 52.2. The number of aliphatic hydroxyl groups excluding tert-OH is 2. The molecule has 0 fully saturated rings. The maximum atomic E-state index is 13.7. The van der Waals surface area contributed by atoms with Crippen molar-refractivity contribution in [3.05, 3.63) is 59.7 Å². The van der Waals surface area contributed by atoms with Gasteiger partial charge in [-0.05, 0) is 121 Å². The molecule has 626 valence electrons. The van der Waals surface area contributed by atoms with Crippen molar-refractivity contribution in [2.24, 2.45) is 0 Å². The standard InChI is InChI=1S/C82H148N4O20P2.2Na/c1-7-13-19-25-27-29-31-37-43-52-79(91)105-75(50-41-35-23-17-11-5)63-77(89)85-71(65-99-58-54-73(87)48-39-33-21-15-9-3)67-103-107(95,96)101-60-56-83-81(93)69-46-45-47-70(62-69)82(94)84-57-61-102-108(97,98)104-68-72(66-100-59-55-74(88)49-40-34-22-16-10-4)86-78(90)64-76(51-42-36-24-18-12-6)106-80(92)53-44-38-32-30-28-26-20-14-8-2;;/h29-32,45-47,62,71-76,87-88H,7-28,33-44,48-61,63-68H2,1-6H3,(H,83,93)(H,84,94)(H,85,89)(H,86,90)(H,95,96)(H,97,98);;/q;2*+1/p-2/b31-29-,32-30-;;/t71?,72?,73?,74?,75-,76-;;/m1../s1. The summed E-state index contributed by atoms with van der Waals surface area (Å²) in [5.41, 5.74) is 0.0583. The maximum absolute atomic E-state index is 13.7. The molecule has 0 saturated heterocycles. The molecule has 0 radical (unpaired) electrons. The Morgan fingerprint density at radius 1 is 0.409 bits per heavy atom. The number of phosphoric ester groups is 2. The van der Waals surface area contributed by atoms with Gasteiger partial charge in [-0.25, -0.2) is 0 Å². The summed E-state index contributed by atoms with van der Waals surface area (Å²) in [5.74, 6) is -3.15. The van der Waals surface area contributed by atoms with Crippen molar-refractivity contribution in [1.29, 1.82) is 0 Å². The van der Waals surface area contributed by atoms with Crippen LogP contribution < -0.4 is 90.2 Å². The molecular formula is C82H146N4Na2O20P2. The van der Waals surface area contributed by atoms with Crippen molar-refractivity contribution >= 4 is 51.2 Å². The van der Waals surface area contributed by atoms with Crippen molar-refractivity contribution < 1.29 is 154 Å². The predicted molar refractivity (Wildman–Crippen MR) is 423 cm³/mol. The number of hydrogen-bond donors (Lipinski definition) is 6. The predicted octanol–water partition coefficient (Wildman–Crippen LogP) is 10.1. The van der Waals surface area contributed by atoms with E-state index >= 15 is 0 Å². The van der Waals surface area contributed by atoms with Crippen LogP contribution >= 0.6 is 15.6 Å². The number of nitrogens with one attached hydrogen (secondary N) is 4. The third-order valence-corrected chi connectivity index (χ3v) is 20.3. The molecule has 0 saturated carbocycles. The normalized spacial score (nSPS) is 14.3. The van der Waals surface area contributed by atoms with E-state index in [1.54, 1.807) is 0 Å². The molecule has 110 heavy (non-hydrogen) atoms. The van der Waals surface area contributed by atoms with Crippen LogP contribution in [0, 0.1) is 0 Å². The number of hydrogen-bond acceptors (Lipinski definition) is 20. The van der Waals surface area contributed by atoms with Crippen LogP contribution in [0.15, 0.2) is 48.6 Å². The fourth-order valence-electron chi connectivity index (χ4n) is 11.9. The first kappa shape index (κ1) is 110. The minimum Gasteiger partial charge on any atom is -0.756 e. The summed E-state index contributed by atoms with van der Waals surface area (Å²) in [4.78, 5) is 106. The van der Waals surface area contributed by atoms with Gasteiger partial charge >= 0.3 is 71.1 Å². The second-order valence-electron chi connectivity index (χ2n) is 28.7. The van der Waals surface area contributed by atoms with Crippen LogP contribution in [0.2, 0.25) is 0 Å². The summed E-state index contributed by atoms with van der Waals surface area (Å²) >= 11 is 0. The number of phosphoric acid groups is 2. The zero-order valence-corrected chi connectivity index (χ0v) is 75.2. The number of benzene rings is 1. The minimum absolute atomic E-state index is 0.